The van der Waals surface area contributed by atoms with Crippen molar-refractivity contribution in [2.45, 2.75) is 31.5 Å². The third kappa shape index (κ3) is 3.05. The van der Waals surface area contributed by atoms with Gasteiger partial charge < -0.3 is 19.3 Å². The molecule has 0 spiro atoms. The van der Waals surface area contributed by atoms with E-state index >= 15 is 0 Å². The number of aliphatic carboxylic acids is 1. The summed E-state index contributed by atoms with van der Waals surface area (Å²) in [4.78, 5) is 17.0. The van der Waals surface area contributed by atoms with E-state index < -0.39 is 12.1 Å². The van der Waals surface area contributed by atoms with Crippen LogP contribution in [0.5, 0.6) is 0 Å². The zero-order valence-electron chi connectivity index (χ0n) is 10.5. The summed E-state index contributed by atoms with van der Waals surface area (Å²) in [6.45, 7) is 0.836. The largest absolute Gasteiger partial charge is 0.479 e. The molecule has 0 radical (unpaired) electrons. The second-order valence-electron chi connectivity index (χ2n) is 4.63. The third-order valence-corrected chi connectivity index (χ3v) is 2.84. The Bertz CT molecular complexity index is 418. The van der Waals surface area contributed by atoms with Crippen molar-refractivity contribution in [2.75, 3.05) is 20.6 Å². The van der Waals surface area contributed by atoms with Crippen molar-refractivity contribution in [1.29, 1.82) is 0 Å². The topological polar surface area (TPSA) is 88.7 Å². The maximum Gasteiger partial charge on any atom is 0.332 e. The van der Waals surface area contributed by atoms with Gasteiger partial charge in [-0.15, -0.1) is 0 Å². The summed E-state index contributed by atoms with van der Waals surface area (Å²) in [5.41, 5.74) is 0. The van der Waals surface area contributed by atoms with Crippen LogP contribution in [0.1, 0.15) is 30.7 Å². The van der Waals surface area contributed by atoms with Gasteiger partial charge >= 0.3 is 5.97 Å². The van der Waals surface area contributed by atoms with E-state index in [0.29, 0.717) is 31.0 Å². The molecular formula is C11H17N3O4. The Morgan fingerprint density at radius 1 is 1.50 bits per heavy atom. The molecule has 1 aromatic heterocycles. The molecule has 1 aliphatic rings. The lowest BCUT2D eigenvalue weighted by Gasteiger charge is -2.06. The number of hydrogen-bond donors (Lipinski definition) is 1. The Morgan fingerprint density at radius 2 is 2.28 bits per heavy atom. The van der Waals surface area contributed by atoms with Crippen LogP contribution >= 0.6 is 0 Å². The number of carbonyl (C=O) groups is 1. The fourth-order valence-electron chi connectivity index (χ4n) is 1.82. The number of ether oxygens (including phenoxy) is 1. The number of likely N-dealkylation sites (N-methyl/N-ethyl adjacent to an activating group) is 1. The Hall–Kier alpha value is -1.47. The zero-order chi connectivity index (χ0) is 13.1. The van der Waals surface area contributed by atoms with Crippen molar-refractivity contribution in [2.24, 2.45) is 0 Å². The molecule has 1 saturated heterocycles. The van der Waals surface area contributed by atoms with Crippen LogP contribution < -0.4 is 0 Å². The van der Waals surface area contributed by atoms with E-state index in [-0.39, 0.29) is 6.10 Å². The van der Waals surface area contributed by atoms with Gasteiger partial charge in [0.25, 0.3) is 5.89 Å². The molecule has 2 heterocycles. The molecule has 1 aliphatic heterocycles. The molecule has 0 amide bonds. The molecule has 100 valence electrons. The molecule has 1 fully saturated rings. The smallest absolute Gasteiger partial charge is 0.332 e. The van der Waals surface area contributed by atoms with Crippen molar-refractivity contribution in [3.63, 3.8) is 0 Å². The summed E-state index contributed by atoms with van der Waals surface area (Å²) in [6.07, 6.45) is 0.645. The van der Waals surface area contributed by atoms with Crippen LogP contribution in [0.15, 0.2) is 4.52 Å². The number of aromatic nitrogens is 2. The average molecular weight is 255 g/mol. The van der Waals surface area contributed by atoms with E-state index in [4.69, 9.17) is 14.4 Å². The fourth-order valence-corrected chi connectivity index (χ4v) is 1.82. The molecule has 0 aromatic carbocycles. The van der Waals surface area contributed by atoms with Gasteiger partial charge in [-0.2, -0.15) is 4.98 Å². The minimum atomic E-state index is -0.940. The van der Waals surface area contributed by atoms with Crippen LogP contribution in [0.3, 0.4) is 0 Å². The molecule has 1 N–H and O–H groups in total. The highest BCUT2D eigenvalue weighted by atomic mass is 16.5. The molecular weight excluding hydrogens is 238 g/mol. The monoisotopic (exact) mass is 255 g/mol. The number of rotatable bonds is 5. The van der Waals surface area contributed by atoms with E-state index in [1.807, 2.05) is 19.0 Å². The predicted octanol–water partition coefficient (Wildman–Crippen LogP) is 0.478. The number of hydrogen-bond acceptors (Lipinski definition) is 6. The first-order chi connectivity index (χ1) is 8.56. The van der Waals surface area contributed by atoms with Gasteiger partial charge in [0, 0.05) is 13.0 Å². The fraction of sp³-hybridized carbons (Fsp3) is 0.727. The van der Waals surface area contributed by atoms with Crippen LogP contribution in [-0.2, 0) is 16.0 Å². The van der Waals surface area contributed by atoms with Gasteiger partial charge in [-0.05, 0) is 26.9 Å². The zero-order valence-corrected chi connectivity index (χ0v) is 10.5. The molecule has 7 heteroatoms. The van der Waals surface area contributed by atoms with Crippen molar-refractivity contribution in [3.8, 4) is 0 Å². The second kappa shape index (κ2) is 5.45. The molecule has 0 aliphatic carbocycles. The molecule has 1 aromatic rings. The van der Waals surface area contributed by atoms with E-state index in [9.17, 15) is 4.79 Å². The van der Waals surface area contributed by atoms with E-state index in [1.54, 1.807) is 0 Å². The van der Waals surface area contributed by atoms with Gasteiger partial charge in [0.1, 0.15) is 6.10 Å². The SMILES string of the molecule is CN(C)CCc1noc(C2CCC(C(=O)O)O2)n1. The standard InChI is InChI=1S/C11H17N3O4/c1-14(2)6-5-9-12-10(18-13-9)7-3-4-8(17-7)11(15)16/h7-8H,3-6H2,1-2H3,(H,15,16). The minimum absolute atomic E-state index is 0.382. The Kier molecular flexibility index (Phi) is 3.93. The quantitative estimate of drug-likeness (QED) is 0.818. The van der Waals surface area contributed by atoms with Gasteiger partial charge in [-0.25, -0.2) is 4.79 Å². The van der Waals surface area contributed by atoms with Crippen molar-refractivity contribution in [1.82, 2.24) is 15.0 Å². The number of carboxylic acid groups (broad SMARTS) is 1. The van der Waals surface area contributed by atoms with Crippen LogP contribution in [0.25, 0.3) is 0 Å². The Morgan fingerprint density at radius 3 is 2.89 bits per heavy atom. The van der Waals surface area contributed by atoms with E-state index in [0.717, 1.165) is 6.54 Å². The molecule has 2 atom stereocenters. The lowest BCUT2D eigenvalue weighted by molar-refractivity contribution is -0.150. The van der Waals surface area contributed by atoms with Gasteiger partial charge in [0.2, 0.25) is 0 Å². The molecule has 0 saturated carbocycles. The average Bonchev–Trinajstić information content (AvgIpc) is 2.95. The summed E-state index contributed by atoms with van der Waals surface area (Å²) in [6, 6.07) is 0. The normalized spacial score (nSPS) is 23.7. The molecule has 18 heavy (non-hydrogen) atoms. The van der Waals surface area contributed by atoms with Crippen molar-refractivity contribution in [3.05, 3.63) is 11.7 Å². The van der Waals surface area contributed by atoms with E-state index in [2.05, 4.69) is 10.1 Å². The van der Waals surface area contributed by atoms with Crippen LogP contribution in [0.4, 0.5) is 0 Å². The summed E-state index contributed by atoms with van der Waals surface area (Å²) in [5.74, 6) is 0.0680. The molecule has 0 bridgehead atoms. The van der Waals surface area contributed by atoms with Crippen molar-refractivity contribution >= 4 is 5.97 Å². The summed E-state index contributed by atoms with van der Waals surface area (Å²) >= 11 is 0. The molecule has 2 unspecified atom stereocenters. The van der Waals surface area contributed by atoms with Crippen LogP contribution in [0.2, 0.25) is 0 Å². The highest BCUT2D eigenvalue weighted by Crippen LogP contribution is 2.31. The van der Waals surface area contributed by atoms with Gasteiger partial charge in [-0.3, -0.25) is 0 Å². The minimum Gasteiger partial charge on any atom is -0.479 e. The number of nitrogens with zero attached hydrogens (tertiary/aromatic N) is 3. The maximum absolute atomic E-state index is 10.8. The van der Waals surface area contributed by atoms with Gasteiger partial charge in [0.05, 0.1) is 0 Å². The first kappa shape index (κ1) is 13.0. The Balaban J connectivity index is 1.92. The Labute approximate surface area is 105 Å². The van der Waals surface area contributed by atoms with Gasteiger partial charge in [-0.1, -0.05) is 5.16 Å². The van der Waals surface area contributed by atoms with Crippen LogP contribution in [-0.4, -0.2) is 52.9 Å². The molecule has 7 nitrogen and oxygen atoms in total. The highest BCUT2D eigenvalue weighted by molar-refractivity contribution is 5.72. The lowest BCUT2D eigenvalue weighted by Crippen LogP contribution is -2.18. The summed E-state index contributed by atoms with van der Waals surface area (Å²) < 4.78 is 10.5. The van der Waals surface area contributed by atoms with Gasteiger partial charge in [0.15, 0.2) is 11.9 Å². The van der Waals surface area contributed by atoms with E-state index in [1.165, 1.54) is 0 Å². The van der Waals surface area contributed by atoms with Crippen LogP contribution in [0, 0.1) is 0 Å². The van der Waals surface area contributed by atoms with Crippen molar-refractivity contribution < 1.29 is 19.2 Å². The second-order valence-corrected chi connectivity index (χ2v) is 4.63. The maximum atomic E-state index is 10.8. The first-order valence-corrected chi connectivity index (χ1v) is 5.91. The summed E-state index contributed by atoms with van der Waals surface area (Å²) in [7, 11) is 3.94. The number of carboxylic acids is 1. The first-order valence-electron chi connectivity index (χ1n) is 5.91. The predicted molar refractivity (Wildman–Crippen MR) is 61.0 cm³/mol. The third-order valence-electron chi connectivity index (χ3n) is 2.84. The molecule has 2 rings (SSSR count). The lowest BCUT2D eigenvalue weighted by atomic mass is 10.2. The summed E-state index contributed by atoms with van der Waals surface area (Å²) in [5, 5.41) is 12.7. The highest BCUT2D eigenvalue weighted by Gasteiger charge is 2.34.